The maximum Gasteiger partial charge on any atom is 0.363 e. The predicted octanol–water partition coefficient (Wildman–Crippen LogP) is 4.36. The smallest absolute Gasteiger partial charge is 0.363 e. The lowest BCUT2D eigenvalue weighted by atomic mass is 10.2. The van der Waals surface area contributed by atoms with Crippen molar-refractivity contribution in [3.05, 3.63) is 69.9 Å². The third-order valence-corrected chi connectivity index (χ3v) is 3.65. The van der Waals surface area contributed by atoms with E-state index in [0.29, 0.717) is 17.9 Å². The highest BCUT2D eigenvalue weighted by Gasteiger charge is 2.26. The number of esters is 1. The van der Waals surface area contributed by atoms with Gasteiger partial charge in [-0.05, 0) is 42.8 Å². The zero-order valence-electron chi connectivity index (χ0n) is 13.1. The molecule has 0 saturated carbocycles. The monoisotopic (exact) mass is 363 g/mol. The standard InChI is InChI=1S/C18H12ClF2NO3/c1-2-24-11-5-3-4-10(6-11)7-16-18(23)25-17(22-16)12-8-14(20)15(21)9-13(12)19/h3-9H,2H2,1H3. The van der Waals surface area contributed by atoms with Gasteiger partial charge in [-0.15, -0.1) is 0 Å². The fourth-order valence-corrected chi connectivity index (χ4v) is 2.46. The van der Waals surface area contributed by atoms with Crippen LogP contribution in [0, 0.1) is 11.6 Å². The van der Waals surface area contributed by atoms with Crippen LogP contribution in [0.1, 0.15) is 18.1 Å². The molecule has 2 aromatic carbocycles. The van der Waals surface area contributed by atoms with E-state index in [9.17, 15) is 13.6 Å². The summed E-state index contributed by atoms with van der Waals surface area (Å²) in [4.78, 5) is 16.0. The summed E-state index contributed by atoms with van der Waals surface area (Å²) in [6.45, 7) is 2.38. The molecule has 0 radical (unpaired) electrons. The lowest BCUT2D eigenvalue weighted by Crippen LogP contribution is -2.07. The van der Waals surface area contributed by atoms with Crippen molar-refractivity contribution in [1.82, 2.24) is 0 Å². The van der Waals surface area contributed by atoms with Crippen LogP contribution in [-0.4, -0.2) is 18.5 Å². The molecule has 3 rings (SSSR count). The summed E-state index contributed by atoms with van der Waals surface area (Å²) in [5, 5.41) is -0.106. The summed E-state index contributed by atoms with van der Waals surface area (Å²) >= 11 is 5.88. The summed E-state index contributed by atoms with van der Waals surface area (Å²) in [7, 11) is 0. The van der Waals surface area contributed by atoms with Crippen molar-refractivity contribution < 1.29 is 23.0 Å². The number of halogens is 3. The first-order valence-electron chi connectivity index (χ1n) is 7.38. The molecule has 0 saturated heterocycles. The molecular formula is C18H12ClF2NO3. The molecule has 7 heteroatoms. The van der Waals surface area contributed by atoms with Crippen molar-refractivity contribution in [2.45, 2.75) is 6.92 Å². The van der Waals surface area contributed by atoms with Crippen molar-refractivity contribution in [3.63, 3.8) is 0 Å². The second-order valence-electron chi connectivity index (χ2n) is 5.09. The minimum Gasteiger partial charge on any atom is -0.494 e. The highest BCUT2D eigenvalue weighted by Crippen LogP contribution is 2.26. The molecule has 4 nitrogen and oxygen atoms in total. The van der Waals surface area contributed by atoms with Crippen LogP contribution in [0.2, 0.25) is 5.02 Å². The van der Waals surface area contributed by atoms with Gasteiger partial charge in [-0.1, -0.05) is 23.7 Å². The molecule has 0 aromatic heterocycles. The van der Waals surface area contributed by atoms with E-state index in [4.69, 9.17) is 21.1 Å². The number of hydrogen-bond donors (Lipinski definition) is 0. The van der Waals surface area contributed by atoms with Crippen molar-refractivity contribution in [3.8, 4) is 5.75 Å². The van der Waals surface area contributed by atoms with Gasteiger partial charge < -0.3 is 9.47 Å². The highest BCUT2D eigenvalue weighted by atomic mass is 35.5. The molecule has 1 aliphatic heterocycles. The summed E-state index contributed by atoms with van der Waals surface area (Å²) in [6.07, 6.45) is 1.51. The molecule has 2 aromatic rings. The molecule has 0 fully saturated rings. The molecule has 1 aliphatic rings. The van der Waals surface area contributed by atoms with Crippen LogP contribution in [0.4, 0.5) is 8.78 Å². The number of nitrogens with zero attached hydrogens (tertiary/aromatic N) is 1. The van der Waals surface area contributed by atoms with E-state index in [-0.39, 0.29) is 22.2 Å². The van der Waals surface area contributed by atoms with Crippen LogP contribution in [0.5, 0.6) is 5.75 Å². The van der Waals surface area contributed by atoms with E-state index in [0.717, 1.165) is 12.1 Å². The van der Waals surface area contributed by atoms with Crippen LogP contribution >= 0.6 is 11.6 Å². The third-order valence-electron chi connectivity index (χ3n) is 3.33. The zero-order valence-corrected chi connectivity index (χ0v) is 13.8. The van der Waals surface area contributed by atoms with Crippen LogP contribution in [0.3, 0.4) is 0 Å². The van der Waals surface area contributed by atoms with Gasteiger partial charge in [-0.2, -0.15) is 0 Å². The van der Waals surface area contributed by atoms with E-state index < -0.39 is 17.6 Å². The number of ether oxygens (including phenoxy) is 2. The minimum absolute atomic E-state index is 0.000355. The molecule has 0 bridgehead atoms. The Bertz CT molecular complexity index is 909. The zero-order chi connectivity index (χ0) is 18.0. The van der Waals surface area contributed by atoms with E-state index in [1.807, 2.05) is 6.92 Å². The molecule has 0 spiro atoms. The van der Waals surface area contributed by atoms with Gasteiger partial charge in [0.2, 0.25) is 5.90 Å². The van der Waals surface area contributed by atoms with Gasteiger partial charge in [-0.25, -0.2) is 18.6 Å². The fourth-order valence-electron chi connectivity index (χ4n) is 2.23. The van der Waals surface area contributed by atoms with Gasteiger partial charge in [0.25, 0.3) is 0 Å². The molecular weight excluding hydrogens is 352 g/mol. The van der Waals surface area contributed by atoms with Crippen LogP contribution < -0.4 is 4.74 Å². The summed E-state index contributed by atoms with van der Waals surface area (Å²) in [5.74, 6) is -2.45. The second-order valence-corrected chi connectivity index (χ2v) is 5.49. The molecule has 0 amide bonds. The third kappa shape index (κ3) is 3.69. The molecule has 0 atom stereocenters. The van der Waals surface area contributed by atoms with Crippen LogP contribution in [0.25, 0.3) is 6.08 Å². The summed E-state index contributed by atoms with van der Waals surface area (Å²) < 4.78 is 37.0. The Morgan fingerprint density at radius 2 is 2.00 bits per heavy atom. The van der Waals surface area contributed by atoms with Crippen molar-refractivity contribution in [2.75, 3.05) is 6.61 Å². The largest absolute Gasteiger partial charge is 0.494 e. The van der Waals surface area contributed by atoms with Gasteiger partial charge in [0, 0.05) is 0 Å². The number of carbonyl (C=O) groups is 1. The first kappa shape index (κ1) is 17.1. The Labute approximate surface area is 147 Å². The van der Waals surface area contributed by atoms with E-state index in [1.54, 1.807) is 24.3 Å². The van der Waals surface area contributed by atoms with Gasteiger partial charge >= 0.3 is 5.97 Å². The van der Waals surface area contributed by atoms with E-state index >= 15 is 0 Å². The normalized spacial score (nSPS) is 15.3. The Morgan fingerprint density at radius 1 is 1.24 bits per heavy atom. The van der Waals surface area contributed by atoms with E-state index in [2.05, 4.69) is 4.99 Å². The topological polar surface area (TPSA) is 47.9 Å². The Morgan fingerprint density at radius 3 is 2.76 bits per heavy atom. The van der Waals surface area contributed by atoms with Crippen molar-refractivity contribution in [2.24, 2.45) is 4.99 Å². The molecule has 1 heterocycles. The first-order chi connectivity index (χ1) is 12.0. The number of aliphatic imine (C=N–C) groups is 1. The predicted molar refractivity (Wildman–Crippen MR) is 89.6 cm³/mol. The van der Waals surface area contributed by atoms with Gasteiger partial charge in [0.05, 0.1) is 17.2 Å². The number of carbonyl (C=O) groups excluding carboxylic acids is 1. The average molecular weight is 364 g/mol. The number of benzene rings is 2. The van der Waals surface area contributed by atoms with Crippen LogP contribution in [-0.2, 0) is 9.53 Å². The molecule has 0 N–H and O–H groups in total. The average Bonchev–Trinajstić information content (AvgIpc) is 2.92. The Kier molecular flexibility index (Phi) is 4.81. The molecule has 0 unspecified atom stereocenters. The molecule has 128 valence electrons. The Hall–Kier alpha value is -2.73. The van der Waals surface area contributed by atoms with Gasteiger partial charge in [0.15, 0.2) is 17.3 Å². The summed E-state index contributed by atoms with van der Waals surface area (Å²) in [6, 6.07) is 8.70. The first-order valence-corrected chi connectivity index (χ1v) is 7.76. The fraction of sp³-hybridized carbons (Fsp3) is 0.111. The Balaban J connectivity index is 1.95. The lowest BCUT2D eigenvalue weighted by molar-refractivity contribution is -0.129. The van der Waals surface area contributed by atoms with Gasteiger partial charge in [-0.3, -0.25) is 0 Å². The molecule has 0 aliphatic carbocycles. The van der Waals surface area contributed by atoms with E-state index in [1.165, 1.54) is 6.08 Å². The maximum atomic E-state index is 13.4. The molecule has 25 heavy (non-hydrogen) atoms. The number of cyclic esters (lactones) is 1. The minimum atomic E-state index is -1.11. The maximum absolute atomic E-state index is 13.4. The lowest BCUT2D eigenvalue weighted by Gasteiger charge is -2.03. The highest BCUT2D eigenvalue weighted by molar-refractivity contribution is 6.34. The second kappa shape index (κ2) is 7.03. The van der Waals surface area contributed by atoms with Crippen LogP contribution in [0.15, 0.2) is 47.1 Å². The summed E-state index contributed by atoms with van der Waals surface area (Å²) in [5.41, 5.74) is 0.698. The number of rotatable bonds is 4. The SMILES string of the molecule is CCOc1cccc(C=C2N=C(c3cc(F)c(F)cc3Cl)OC2=O)c1. The van der Waals surface area contributed by atoms with Crippen molar-refractivity contribution >= 4 is 29.5 Å². The number of hydrogen-bond acceptors (Lipinski definition) is 4. The van der Waals surface area contributed by atoms with Crippen molar-refractivity contribution in [1.29, 1.82) is 0 Å². The van der Waals surface area contributed by atoms with Gasteiger partial charge in [0.1, 0.15) is 5.75 Å². The quantitative estimate of drug-likeness (QED) is 0.460.